The van der Waals surface area contributed by atoms with Crippen LogP contribution < -0.4 is 0 Å². The summed E-state index contributed by atoms with van der Waals surface area (Å²) >= 11 is 0. The molecule has 1 aliphatic heterocycles. The second-order valence-corrected chi connectivity index (χ2v) is 13.3. The number of hydrogen-bond donors (Lipinski definition) is 0. The minimum Gasteiger partial charge on any atom is -0.469 e. The highest BCUT2D eigenvalue weighted by Crippen LogP contribution is 2.68. The monoisotopic (exact) mass is 474 g/mol. The second kappa shape index (κ2) is 10.0. The molecule has 5 rings (SSSR count). The fraction of sp³-hybridized carbons (Fsp3) is 0.967. The van der Waals surface area contributed by atoms with Crippen LogP contribution in [0.1, 0.15) is 111 Å². The maximum Gasteiger partial charge on any atom is 0.305 e. The average molecular weight is 475 g/mol. The molecule has 4 aliphatic carbocycles. The van der Waals surface area contributed by atoms with Crippen molar-refractivity contribution in [3.8, 4) is 0 Å². The molecule has 10 atom stereocenters. The molecule has 0 bridgehead atoms. The summed E-state index contributed by atoms with van der Waals surface area (Å²) < 4.78 is 18.0. The van der Waals surface area contributed by atoms with E-state index in [0.717, 1.165) is 37.2 Å². The molecule has 5 fully saturated rings. The zero-order chi connectivity index (χ0) is 23.9. The number of carbonyl (C=O) groups excluding carboxylic acids is 1. The van der Waals surface area contributed by atoms with Crippen molar-refractivity contribution in [2.24, 2.45) is 46.3 Å². The van der Waals surface area contributed by atoms with E-state index in [1.54, 1.807) is 0 Å². The molecule has 0 aromatic heterocycles. The van der Waals surface area contributed by atoms with E-state index >= 15 is 0 Å². The molecule has 1 heterocycles. The molecular formula is C30H50O4. The lowest BCUT2D eigenvalue weighted by Gasteiger charge is -2.63. The van der Waals surface area contributed by atoms with E-state index in [4.69, 9.17) is 14.2 Å². The van der Waals surface area contributed by atoms with E-state index in [1.807, 2.05) is 0 Å². The number of methoxy groups -OCH3 is 1. The van der Waals surface area contributed by atoms with E-state index in [9.17, 15) is 4.79 Å². The van der Waals surface area contributed by atoms with Crippen LogP contribution in [-0.2, 0) is 19.0 Å². The molecule has 4 nitrogen and oxygen atoms in total. The van der Waals surface area contributed by atoms with Crippen LogP contribution in [0, 0.1) is 46.3 Å². The van der Waals surface area contributed by atoms with Crippen LogP contribution in [0.5, 0.6) is 0 Å². The molecule has 0 N–H and O–H groups in total. The third-order valence-corrected chi connectivity index (χ3v) is 11.8. The predicted molar refractivity (Wildman–Crippen MR) is 134 cm³/mol. The molecule has 1 saturated heterocycles. The summed E-state index contributed by atoms with van der Waals surface area (Å²) in [7, 11) is 1.51. The van der Waals surface area contributed by atoms with Crippen LogP contribution in [0.25, 0.3) is 0 Å². The molecule has 0 radical (unpaired) electrons. The van der Waals surface area contributed by atoms with Crippen LogP contribution in [0.15, 0.2) is 0 Å². The van der Waals surface area contributed by atoms with Gasteiger partial charge in [-0.2, -0.15) is 0 Å². The summed E-state index contributed by atoms with van der Waals surface area (Å²) in [6.07, 6.45) is 17.7. The van der Waals surface area contributed by atoms with Gasteiger partial charge in [-0.1, -0.05) is 33.6 Å². The maximum absolute atomic E-state index is 11.8. The van der Waals surface area contributed by atoms with E-state index in [1.165, 1.54) is 77.7 Å². The van der Waals surface area contributed by atoms with Gasteiger partial charge in [0.1, 0.15) is 0 Å². The summed E-state index contributed by atoms with van der Waals surface area (Å²) in [6, 6.07) is 0. The van der Waals surface area contributed by atoms with Crippen molar-refractivity contribution in [2.45, 2.75) is 123 Å². The smallest absolute Gasteiger partial charge is 0.305 e. The summed E-state index contributed by atoms with van der Waals surface area (Å²) in [5.74, 6) is 4.31. The van der Waals surface area contributed by atoms with Crippen molar-refractivity contribution < 1.29 is 19.0 Å². The normalized spacial score (nSPS) is 47.2. The first-order valence-corrected chi connectivity index (χ1v) is 14.7. The number of fused-ring (bicyclic) bond motifs is 5. The van der Waals surface area contributed by atoms with Gasteiger partial charge in [-0.05, 0) is 117 Å². The number of esters is 1. The number of rotatable bonds is 6. The first-order valence-electron chi connectivity index (χ1n) is 14.7. The average Bonchev–Trinajstić information content (AvgIpc) is 3.20. The van der Waals surface area contributed by atoms with Gasteiger partial charge < -0.3 is 14.2 Å². The molecule has 194 valence electrons. The Morgan fingerprint density at radius 3 is 2.53 bits per heavy atom. The molecule has 0 aromatic rings. The quantitative estimate of drug-likeness (QED) is 0.303. The second-order valence-electron chi connectivity index (χ2n) is 13.3. The zero-order valence-corrected chi connectivity index (χ0v) is 22.4. The lowest BCUT2D eigenvalue weighted by molar-refractivity contribution is -0.248. The van der Waals surface area contributed by atoms with Crippen molar-refractivity contribution in [1.29, 1.82) is 0 Å². The van der Waals surface area contributed by atoms with Gasteiger partial charge in [-0.15, -0.1) is 0 Å². The van der Waals surface area contributed by atoms with Gasteiger partial charge in [0.25, 0.3) is 0 Å². The summed E-state index contributed by atoms with van der Waals surface area (Å²) in [4.78, 5) is 11.8. The number of hydrogen-bond acceptors (Lipinski definition) is 4. The zero-order valence-electron chi connectivity index (χ0n) is 22.4. The Bertz CT molecular complexity index is 717. The van der Waals surface area contributed by atoms with Gasteiger partial charge in [0.2, 0.25) is 0 Å². The Morgan fingerprint density at radius 1 is 0.971 bits per heavy atom. The lowest BCUT2D eigenvalue weighted by atomic mass is 9.44. The number of carbonyl (C=O) groups is 1. The van der Waals surface area contributed by atoms with Gasteiger partial charge in [0, 0.05) is 13.0 Å². The Balaban J connectivity index is 1.39. The molecule has 0 spiro atoms. The van der Waals surface area contributed by atoms with Crippen molar-refractivity contribution >= 4 is 5.97 Å². The first kappa shape index (κ1) is 25.1. The van der Waals surface area contributed by atoms with E-state index in [2.05, 4.69) is 20.8 Å². The molecule has 5 aliphatic rings. The summed E-state index contributed by atoms with van der Waals surface area (Å²) in [5, 5.41) is 0. The SMILES string of the molecule is COC(=O)CC[C@@H](C)[C@H]1CC[C@H]2[C@@H]3[C@@H](OC4CCCCO4)C[C@@H]4CCCC[C@]4(C)[C@H]3CC[C@]12C. The maximum atomic E-state index is 11.8. The molecule has 1 unspecified atom stereocenters. The summed E-state index contributed by atoms with van der Waals surface area (Å²) in [5.41, 5.74) is 0.885. The highest BCUT2D eigenvalue weighted by Gasteiger charge is 2.63. The molecule has 34 heavy (non-hydrogen) atoms. The number of ether oxygens (including phenoxy) is 3. The van der Waals surface area contributed by atoms with Gasteiger partial charge in [-0.25, -0.2) is 0 Å². The third-order valence-electron chi connectivity index (χ3n) is 11.8. The highest BCUT2D eigenvalue weighted by atomic mass is 16.7. The van der Waals surface area contributed by atoms with Crippen LogP contribution in [0.3, 0.4) is 0 Å². The van der Waals surface area contributed by atoms with Crippen LogP contribution in [-0.4, -0.2) is 32.1 Å². The van der Waals surface area contributed by atoms with Crippen LogP contribution >= 0.6 is 0 Å². The van der Waals surface area contributed by atoms with Crippen LogP contribution in [0.4, 0.5) is 0 Å². The molecule has 0 amide bonds. The van der Waals surface area contributed by atoms with E-state index in [-0.39, 0.29) is 12.3 Å². The minimum absolute atomic E-state index is 0.0247. The molecular weight excluding hydrogens is 424 g/mol. The van der Waals surface area contributed by atoms with Gasteiger partial charge in [0.15, 0.2) is 6.29 Å². The Labute approximate surface area is 208 Å². The first-order chi connectivity index (χ1) is 16.4. The van der Waals surface area contributed by atoms with E-state index < -0.39 is 0 Å². The lowest BCUT2D eigenvalue weighted by Crippen LogP contribution is -2.59. The molecule has 4 saturated carbocycles. The minimum atomic E-state index is -0.0558. The standard InChI is InChI=1S/C30H50O4/c1-20(11-14-26(31)32-4)22-12-13-23-28-24(15-17-30(22,23)3)29(2)16-7-5-9-21(29)19-25(28)34-27-10-6-8-18-33-27/h20-25,27-28H,5-19H2,1-4H3/t20-,21+,22-,23+,24+,25+,27?,28+,29+,30-/m1/s1. The van der Waals surface area contributed by atoms with Crippen molar-refractivity contribution in [1.82, 2.24) is 0 Å². The van der Waals surface area contributed by atoms with Crippen LogP contribution in [0.2, 0.25) is 0 Å². The fourth-order valence-corrected chi connectivity index (χ4v) is 10.0. The topological polar surface area (TPSA) is 44.8 Å². The van der Waals surface area contributed by atoms with Gasteiger partial charge in [-0.3, -0.25) is 4.79 Å². The third kappa shape index (κ3) is 4.38. The van der Waals surface area contributed by atoms with Crippen molar-refractivity contribution in [3.63, 3.8) is 0 Å². The predicted octanol–water partition coefficient (Wildman–Crippen LogP) is 7.15. The fourth-order valence-electron chi connectivity index (χ4n) is 10.0. The molecule has 0 aromatic carbocycles. The highest BCUT2D eigenvalue weighted by molar-refractivity contribution is 5.69. The van der Waals surface area contributed by atoms with Gasteiger partial charge in [0.05, 0.1) is 13.2 Å². The van der Waals surface area contributed by atoms with E-state index in [0.29, 0.717) is 41.1 Å². The Morgan fingerprint density at radius 2 is 1.76 bits per heavy atom. The molecule has 4 heteroatoms. The van der Waals surface area contributed by atoms with Crippen molar-refractivity contribution in [3.05, 3.63) is 0 Å². The Kier molecular flexibility index (Phi) is 7.40. The summed E-state index contributed by atoms with van der Waals surface area (Å²) in [6.45, 7) is 8.55. The Hall–Kier alpha value is -0.610. The van der Waals surface area contributed by atoms with Crippen molar-refractivity contribution in [2.75, 3.05) is 13.7 Å². The van der Waals surface area contributed by atoms with Gasteiger partial charge >= 0.3 is 5.97 Å². The largest absolute Gasteiger partial charge is 0.469 e.